The number of methoxy groups -OCH3 is 2. The van der Waals surface area contributed by atoms with Crippen molar-refractivity contribution in [3.8, 4) is 22.9 Å². The van der Waals surface area contributed by atoms with E-state index in [1.807, 2.05) is 66.7 Å². The maximum atomic E-state index is 13.3. The normalized spacial score (nSPS) is 10.6. The van der Waals surface area contributed by atoms with Crippen LogP contribution in [-0.2, 0) is 0 Å². The molecule has 0 atom stereocenters. The number of hydrogen-bond acceptors (Lipinski definition) is 6. The molecule has 3 aromatic carbocycles. The molecule has 0 saturated heterocycles. The Kier molecular flexibility index (Phi) is 6.03. The van der Waals surface area contributed by atoms with Crippen molar-refractivity contribution >= 4 is 16.9 Å². The number of nitrogens with one attached hydrogen (secondary N) is 1. The summed E-state index contributed by atoms with van der Waals surface area (Å²) in [7, 11) is 3.18. The van der Waals surface area contributed by atoms with Crippen LogP contribution in [0.15, 0.2) is 77.6 Å². The summed E-state index contributed by atoms with van der Waals surface area (Å²) in [6.45, 7) is 0.785. The second-order valence-electron chi connectivity index (χ2n) is 6.69. The summed E-state index contributed by atoms with van der Waals surface area (Å²) in [4.78, 5) is 18.0. The maximum Gasteiger partial charge on any atom is 0.267 e. The van der Waals surface area contributed by atoms with E-state index in [0.29, 0.717) is 52.9 Å². The van der Waals surface area contributed by atoms with Crippen molar-refractivity contribution in [1.82, 2.24) is 9.55 Å². The highest BCUT2D eigenvalue weighted by atomic mass is 16.5. The predicted molar refractivity (Wildman–Crippen MR) is 121 cm³/mol. The highest BCUT2D eigenvalue weighted by Gasteiger charge is 2.15. The minimum Gasteiger partial charge on any atom is -0.495 e. The van der Waals surface area contributed by atoms with E-state index >= 15 is 0 Å². The molecule has 0 saturated carbocycles. The van der Waals surface area contributed by atoms with Gasteiger partial charge in [-0.2, -0.15) is 0 Å². The summed E-state index contributed by atoms with van der Waals surface area (Å²) in [6, 6.07) is 22.1. The van der Waals surface area contributed by atoms with Crippen molar-refractivity contribution in [2.24, 2.45) is 0 Å². The van der Waals surface area contributed by atoms with E-state index in [1.165, 1.54) is 4.57 Å². The molecule has 0 radical (unpaired) electrons. The molecule has 0 aliphatic rings. The minimum atomic E-state index is -0.178. The van der Waals surface area contributed by atoms with Gasteiger partial charge in [-0.1, -0.05) is 36.4 Å². The van der Waals surface area contributed by atoms with Gasteiger partial charge in [-0.05, 0) is 36.4 Å². The van der Waals surface area contributed by atoms with Gasteiger partial charge in [0.25, 0.3) is 5.56 Å². The van der Waals surface area contributed by atoms with Crippen LogP contribution in [0.2, 0.25) is 0 Å². The first-order chi connectivity index (χ1) is 15.2. The van der Waals surface area contributed by atoms with E-state index < -0.39 is 0 Å². The molecule has 1 N–H and O–H groups in total. The number of ether oxygens (including phenoxy) is 3. The number of anilines is 1. The topological polar surface area (TPSA) is 74.6 Å². The molecule has 0 unspecified atom stereocenters. The molecular weight excluding hydrogens is 394 g/mol. The number of hydrogen-bond donors (Lipinski definition) is 1. The molecule has 4 rings (SSSR count). The van der Waals surface area contributed by atoms with Crippen molar-refractivity contribution in [3.05, 3.63) is 83.2 Å². The van der Waals surface area contributed by atoms with Crippen LogP contribution < -0.4 is 25.1 Å². The molecule has 0 fully saturated rings. The highest BCUT2D eigenvalue weighted by molar-refractivity contribution is 5.79. The van der Waals surface area contributed by atoms with Crippen molar-refractivity contribution in [1.29, 1.82) is 0 Å². The second kappa shape index (κ2) is 9.21. The fourth-order valence-corrected chi connectivity index (χ4v) is 3.35. The third-order valence-electron chi connectivity index (χ3n) is 4.81. The third-order valence-corrected chi connectivity index (χ3v) is 4.81. The Hall–Kier alpha value is -4.00. The molecule has 1 aromatic heterocycles. The molecule has 7 nitrogen and oxygen atoms in total. The van der Waals surface area contributed by atoms with Crippen LogP contribution in [0.1, 0.15) is 0 Å². The lowest BCUT2D eigenvalue weighted by atomic mass is 10.2. The molecule has 0 aliphatic carbocycles. The van der Waals surface area contributed by atoms with E-state index in [2.05, 4.69) is 10.3 Å². The lowest BCUT2D eigenvalue weighted by molar-refractivity contribution is 0.305. The van der Waals surface area contributed by atoms with Gasteiger partial charge in [-0.15, -0.1) is 0 Å². The van der Waals surface area contributed by atoms with Gasteiger partial charge in [0, 0.05) is 0 Å². The van der Waals surface area contributed by atoms with Gasteiger partial charge < -0.3 is 19.5 Å². The Morgan fingerprint density at radius 2 is 1.48 bits per heavy atom. The number of fused-ring (bicyclic) bond motifs is 1. The zero-order valence-electron chi connectivity index (χ0n) is 17.4. The summed E-state index contributed by atoms with van der Waals surface area (Å²) < 4.78 is 18.1. The zero-order valence-corrected chi connectivity index (χ0v) is 17.4. The number of para-hydroxylation sites is 5. The SMILES string of the molecule is COc1ccccc1OCCNc1nc2ccccc2c(=O)n1-c1ccccc1OC. The fourth-order valence-electron chi connectivity index (χ4n) is 3.35. The smallest absolute Gasteiger partial charge is 0.267 e. The average molecular weight is 417 g/mol. The Labute approximate surface area is 179 Å². The maximum absolute atomic E-state index is 13.3. The van der Waals surface area contributed by atoms with Gasteiger partial charge in [0.15, 0.2) is 11.5 Å². The third kappa shape index (κ3) is 4.16. The molecule has 31 heavy (non-hydrogen) atoms. The Bertz CT molecular complexity index is 1250. The van der Waals surface area contributed by atoms with E-state index in [1.54, 1.807) is 20.3 Å². The summed E-state index contributed by atoms with van der Waals surface area (Å²) in [5.74, 6) is 2.31. The van der Waals surface area contributed by atoms with Gasteiger partial charge in [-0.25, -0.2) is 9.55 Å². The second-order valence-corrected chi connectivity index (χ2v) is 6.69. The van der Waals surface area contributed by atoms with Crippen LogP contribution >= 0.6 is 0 Å². The van der Waals surface area contributed by atoms with Crippen molar-refractivity contribution in [3.63, 3.8) is 0 Å². The number of benzene rings is 3. The van der Waals surface area contributed by atoms with Crippen LogP contribution in [-0.4, -0.2) is 36.9 Å². The van der Waals surface area contributed by atoms with Crippen LogP contribution in [0.5, 0.6) is 17.2 Å². The molecule has 0 spiro atoms. The molecule has 1 heterocycles. The molecule has 7 heteroatoms. The molecule has 4 aromatic rings. The van der Waals surface area contributed by atoms with Gasteiger partial charge >= 0.3 is 0 Å². The van der Waals surface area contributed by atoms with Crippen molar-refractivity contribution in [2.45, 2.75) is 0 Å². The lowest BCUT2D eigenvalue weighted by Gasteiger charge is -2.17. The highest BCUT2D eigenvalue weighted by Crippen LogP contribution is 2.26. The fraction of sp³-hybridized carbons (Fsp3) is 0.167. The lowest BCUT2D eigenvalue weighted by Crippen LogP contribution is -2.25. The van der Waals surface area contributed by atoms with E-state index in [9.17, 15) is 4.79 Å². The first kappa shape index (κ1) is 20.3. The first-order valence-electron chi connectivity index (χ1n) is 9.88. The van der Waals surface area contributed by atoms with Crippen LogP contribution in [0.3, 0.4) is 0 Å². The Morgan fingerprint density at radius 1 is 0.839 bits per heavy atom. The number of rotatable bonds is 8. The largest absolute Gasteiger partial charge is 0.495 e. The van der Waals surface area contributed by atoms with E-state index in [-0.39, 0.29) is 5.56 Å². The Balaban J connectivity index is 1.66. The minimum absolute atomic E-state index is 0.178. The summed E-state index contributed by atoms with van der Waals surface area (Å²) in [5.41, 5.74) is 1.05. The monoisotopic (exact) mass is 417 g/mol. The molecule has 158 valence electrons. The summed E-state index contributed by atoms with van der Waals surface area (Å²) in [5, 5.41) is 3.77. The summed E-state index contributed by atoms with van der Waals surface area (Å²) >= 11 is 0. The standard InChI is InChI=1S/C24H23N3O4/c1-29-20-12-6-5-11-19(20)27-23(28)17-9-3-4-10-18(17)26-24(27)25-15-16-31-22-14-8-7-13-21(22)30-2/h3-14H,15-16H2,1-2H3,(H,25,26). The van der Waals surface area contributed by atoms with Gasteiger partial charge in [0.2, 0.25) is 5.95 Å². The van der Waals surface area contributed by atoms with E-state index in [4.69, 9.17) is 14.2 Å². The Morgan fingerprint density at radius 3 is 2.26 bits per heavy atom. The van der Waals surface area contributed by atoms with E-state index in [0.717, 1.165) is 0 Å². The van der Waals surface area contributed by atoms with Crippen molar-refractivity contribution < 1.29 is 14.2 Å². The van der Waals surface area contributed by atoms with Gasteiger partial charge in [0.05, 0.1) is 37.4 Å². The molecule has 0 aliphatic heterocycles. The molecule has 0 amide bonds. The zero-order chi connectivity index (χ0) is 21.6. The first-order valence-corrected chi connectivity index (χ1v) is 9.88. The number of nitrogens with zero attached hydrogens (tertiary/aromatic N) is 2. The van der Waals surface area contributed by atoms with Crippen LogP contribution in [0.4, 0.5) is 5.95 Å². The summed E-state index contributed by atoms with van der Waals surface area (Å²) in [6.07, 6.45) is 0. The predicted octanol–water partition coefficient (Wildman–Crippen LogP) is 3.89. The van der Waals surface area contributed by atoms with Gasteiger partial charge in [-0.3, -0.25) is 4.79 Å². The van der Waals surface area contributed by atoms with Gasteiger partial charge in [0.1, 0.15) is 12.4 Å². The average Bonchev–Trinajstić information content (AvgIpc) is 2.82. The molecular formula is C24H23N3O4. The van der Waals surface area contributed by atoms with Crippen LogP contribution in [0, 0.1) is 0 Å². The van der Waals surface area contributed by atoms with Crippen molar-refractivity contribution in [2.75, 3.05) is 32.7 Å². The number of aromatic nitrogens is 2. The molecule has 0 bridgehead atoms. The quantitative estimate of drug-likeness (QED) is 0.439. The van der Waals surface area contributed by atoms with Crippen LogP contribution in [0.25, 0.3) is 16.6 Å².